The molecule has 0 saturated carbocycles. The van der Waals surface area contributed by atoms with Gasteiger partial charge < -0.3 is 4.74 Å². The molecule has 0 atom stereocenters. The molecule has 0 aliphatic carbocycles. The summed E-state index contributed by atoms with van der Waals surface area (Å²) in [7, 11) is 1.62. The fraction of sp³-hybridized carbons (Fsp3) is 0.111. The van der Waals surface area contributed by atoms with Crippen LogP contribution in [0.5, 0.6) is 5.75 Å². The topological polar surface area (TPSA) is 44.1 Å². The molecule has 3 rings (SSSR count). The van der Waals surface area contributed by atoms with Crippen molar-refractivity contribution in [1.82, 2.24) is 9.78 Å². The molecular formula is C18H16N2O2. The summed E-state index contributed by atoms with van der Waals surface area (Å²) in [5.41, 5.74) is 1.94. The highest BCUT2D eigenvalue weighted by Gasteiger charge is 2.18. The lowest BCUT2D eigenvalue weighted by atomic mass is 10.1. The van der Waals surface area contributed by atoms with Gasteiger partial charge in [-0.25, -0.2) is 0 Å². The molecule has 3 aromatic rings. The Labute approximate surface area is 128 Å². The Kier molecular flexibility index (Phi) is 3.74. The normalized spacial score (nSPS) is 10.6. The molecule has 4 nitrogen and oxygen atoms in total. The molecule has 1 aromatic heterocycles. The van der Waals surface area contributed by atoms with Crippen molar-refractivity contribution in [2.45, 2.75) is 6.54 Å². The minimum Gasteiger partial charge on any atom is -0.497 e. The Hall–Kier alpha value is -2.88. The molecule has 110 valence electrons. The van der Waals surface area contributed by atoms with E-state index in [0.717, 1.165) is 16.7 Å². The lowest BCUT2D eigenvalue weighted by molar-refractivity contribution is 0.103. The highest BCUT2D eigenvalue weighted by atomic mass is 16.5. The standard InChI is InChI=1S/C18H16N2O2/c1-3-11-20-16-12-14(22-2)9-10-15(16)17(19-20)18(21)13-7-5-4-6-8-13/h3-10,12H,1,11H2,2H3. The van der Waals surface area contributed by atoms with Crippen LogP contribution in [0.25, 0.3) is 10.9 Å². The lowest BCUT2D eigenvalue weighted by Crippen LogP contribution is -2.04. The number of nitrogens with zero attached hydrogens (tertiary/aromatic N) is 2. The molecule has 0 saturated heterocycles. The number of ether oxygens (including phenoxy) is 1. The van der Waals surface area contributed by atoms with Gasteiger partial charge in [-0.15, -0.1) is 6.58 Å². The van der Waals surface area contributed by atoms with Crippen LogP contribution < -0.4 is 4.74 Å². The molecule has 0 aliphatic heterocycles. The van der Waals surface area contributed by atoms with Gasteiger partial charge >= 0.3 is 0 Å². The average Bonchev–Trinajstić information content (AvgIpc) is 2.93. The average molecular weight is 292 g/mol. The van der Waals surface area contributed by atoms with Crippen LogP contribution in [0.3, 0.4) is 0 Å². The first-order chi connectivity index (χ1) is 10.7. The summed E-state index contributed by atoms with van der Waals surface area (Å²) in [6, 6.07) is 14.8. The number of rotatable bonds is 5. The van der Waals surface area contributed by atoms with Crippen LogP contribution in [0.4, 0.5) is 0 Å². The minimum atomic E-state index is -0.0846. The lowest BCUT2D eigenvalue weighted by Gasteiger charge is -2.01. The summed E-state index contributed by atoms with van der Waals surface area (Å²) < 4.78 is 7.02. The second kappa shape index (κ2) is 5.85. The first-order valence-electron chi connectivity index (χ1n) is 7.00. The van der Waals surface area contributed by atoms with Gasteiger partial charge in [0.2, 0.25) is 5.78 Å². The van der Waals surface area contributed by atoms with Crippen LogP contribution in [-0.4, -0.2) is 22.7 Å². The highest BCUT2D eigenvalue weighted by molar-refractivity contribution is 6.14. The summed E-state index contributed by atoms with van der Waals surface area (Å²) in [6.45, 7) is 4.27. The quantitative estimate of drug-likeness (QED) is 0.534. The Morgan fingerprint density at radius 3 is 2.73 bits per heavy atom. The molecule has 22 heavy (non-hydrogen) atoms. The zero-order valence-electron chi connectivity index (χ0n) is 12.3. The van der Waals surface area contributed by atoms with Gasteiger partial charge in [0.1, 0.15) is 11.4 Å². The van der Waals surface area contributed by atoms with Crippen molar-refractivity contribution < 1.29 is 9.53 Å². The van der Waals surface area contributed by atoms with E-state index in [0.29, 0.717) is 17.8 Å². The smallest absolute Gasteiger partial charge is 0.213 e. The molecule has 0 unspecified atom stereocenters. The Bertz CT molecular complexity index is 835. The molecule has 2 aromatic carbocycles. The summed E-state index contributed by atoms with van der Waals surface area (Å²) in [5, 5.41) is 5.29. The van der Waals surface area contributed by atoms with E-state index in [1.54, 1.807) is 30.0 Å². The number of allylic oxidation sites excluding steroid dienone is 1. The fourth-order valence-electron chi connectivity index (χ4n) is 2.44. The minimum absolute atomic E-state index is 0.0846. The number of methoxy groups -OCH3 is 1. The maximum Gasteiger partial charge on any atom is 0.213 e. The van der Waals surface area contributed by atoms with Crippen LogP contribution in [0.2, 0.25) is 0 Å². The van der Waals surface area contributed by atoms with Crippen molar-refractivity contribution in [3.63, 3.8) is 0 Å². The molecule has 4 heteroatoms. The SMILES string of the molecule is C=CCn1nc(C(=O)c2ccccc2)c2ccc(OC)cc21. The maximum atomic E-state index is 12.7. The fourth-order valence-corrected chi connectivity index (χ4v) is 2.44. The summed E-state index contributed by atoms with van der Waals surface area (Å²) >= 11 is 0. The van der Waals surface area contributed by atoms with E-state index < -0.39 is 0 Å². The predicted molar refractivity (Wildman–Crippen MR) is 86.4 cm³/mol. The molecule has 1 heterocycles. The van der Waals surface area contributed by atoms with Crippen LogP contribution in [0.1, 0.15) is 16.1 Å². The van der Waals surface area contributed by atoms with E-state index in [4.69, 9.17) is 4.74 Å². The molecule has 0 aliphatic rings. The third kappa shape index (κ3) is 2.39. The predicted octanol–water partition coefficient (Wildman–Crippen LogP) is 3.46. The van der Waals surface area contributed by atoms with E-state index >= 15 is 0 Å². The van der Waals surface area contributed by atoms with E-state index in [1.165, 1.54) is 0 Å². The van der Waals surface area contributed by atoms with Crippen molar-refractivity contribution in [3.05, 3.63) is 72.4 Å². The first kappa shape index (κ1) is 14.1. The number of fused-ring (bicyclic) bond motifs is 1. The third-order valence-electron chi connectivity index (χ3n) is 3.51. The molecular weight excluding hydrogens is 276 g/mol. The van der Waals surface area contributed by atoms with Gasteiger partial charge in [-0.2, -0.15) is 5.10 Å². The van der Waals surface area contributed by atoms with Crippen LogP contribution in [-0.2, 0) is 6.54 Å². The van der Waals surface area contributed by atoms with Crippen molar-refractivity contribution in [1.29, 1.82) is 0 Å². The largest absolute Gasteiger partial charge is 0.497 e. The van der Waals surface area contributed by atoms with Crippen molar-refractivity contribution in [2.24, 2.45) is 0 Å². The zero-order chi connectivity index (χ0) is 15.5. The Balaban J connectivity index is 2.17. The van der Waals surface area contributed by atoms with E-state index in [1.807, 2.05) is 36.4 Å². The van der Waals surface area contributed by atoms with Gasteiger partial charge in [-0.05, 0) is 12.1 Å². The molecule has 0 amide bonds. The maximum absolute atomic E-state index is 12.7. The van der Waals surface area contributed by atoms with Gasteiger partial charge in [0.25, 0.3) is 0 Å². The van der Waals surface area contributed by atoms with Crippen molar-refractivity contribution in [2.75, 3.05) is 7.11 Å². The monoisotopic (exact) mass is 292 g/mol. The van der Waals surface area contributed by atoms with Crippen LogP contribution in [0.15, 0.2) is 61.2 Å². The number of carbonyl (C=O) groups is 1. The molecule has 0 N–H and O–H groups in total. The van der Waals surface area contributed by atoms with Crippen LogP contribution in [0, 0.1) is 0 Å². The molecule has 0 fully saturated rings. The van der Waals surface area contributed by atoms with E-state index in [-0.39, 0.29) is 5.78 Å². The number of ketones is 1. The van der Waals surface area contributed by atoms with Gasteiger partial charge in [0.15, 0.2) is 0 Å². The molecule has 0 bridgehead atoms. The summed E-state index contributed by atoms with van der Waals surface area (Å²) in [4.78, 5) is 12.7. The Morgan fingerprint density at radius 1 is 1.27 bits per heavy atom. The highest BCUT2D eigenvalue weighted by Crippen LogP contribution is 2.25. The Morgan fingerprint density at radius 2 is 2.05 bits per heavy atom. The van der Waals surface area contributed by atoms with E-state index in [9.17, 15) is 4.79 Å². The second-order valence-corrected chi connectivity index (χ2v) is 4.90. The molecule has 0 radical (unpaired) electrons. The zero-order valence-corrected chi connectivity index (χ0v) is 12.3. The van der Waals surface area contributed by atoms with Gasteiger partial charge in [0.05, 0.1) is 19.2 Å². The number of hydrogen-bond acceptors (Lipinski definition) is 3. The number of carbonyl (C=O) groups excluding carboxylic acids is 1. The van der Waals surface area contributed by atoms with Gasteiger partial charge in [0, 0.05) is 17.0 Å². The van der Waals surface area contributed by atoms with Crippen LogP contribution >= 0.6 is 0 Å². The van der Waals surface area contributed by atoms with Crippen molar-refractivity contribution >= 4 is 16.7 Å². The van der Waals surface area contributed by atoms with E-state index in [2.05, 4.69) is 11.7 Å². The first-order valence-corrected chi connectivity index (χ1v) is 7.00. The number of benzene rings is 2. The van der Waals surface area contributed by atoms with Gasteiger partial charge in [-0.3, -0.25) is 9.48 Å². The summed E-state index contributed by atoms with van der Waals surface area (Å²) in [5.74, 6) is 0.648. The molecule has 0 spiro atoms. The second-order valence-electron chi connectivity index (χ2n) is 4.90. The van der Waals surface area contributed by atoms with Gasteiger partial charge in [-0.1, -0.05) is 36.4 Å². The number of aromatic nitrogens is 2. The van der Waals surface area contributed by atoms with Crippen molar-refractivity contribution in [3.8, 4) is 5.75 Å². The third-order valence-corrected chi connectivity index (χ3v) is 3.51. The number of hydrogen-bond donors (Lipinski definition) is 0. The summed E-state index contributed by atoms with van der Waals surface area (Å²) in [6.07, 6.45) is 1.75.